The molecular weight excluding hydrogens is 228 g/mol. The second kappa shape index (κ2) is 6.35. The molecule has 3 atom stereocenters. The highest BCUT2D eigenvalue weighted by Gasteiger charge is 2.38. The molecule has 0 saturated heterocycles. The van der Waals surface area contributed by atoms with Crippen molar-refractivity contribution in [2.45, 2.75) is 84.7 Å². The van der Waals surface area contributed by atoms with Gasteiger partial charge in [-0.2, -0.15) is 0 Å². The number of rotatable bonds is 6. The molecule has 0 aromatic heterocycles. The molecule has 0 unspecified atom stereocenters. The molecule has 0 spiro atoms. The molecule has 1 N–H and O–H groups in total. The molecule has 17 heavy (non-hydrogen) atoms. The van der Waals surface area contributed by atoms with Crippen LogP contribution in [-0.2, 0) is 4.43 Å². The van der Waals surface area contributed by atoms with Crippen LogP contribution in [-0.4, -0.2) is 25.6 Å². The fraction of sp³-hybridized carbons (Fsp3) is 1.00. The third-order valence-corrected chi connectivity index (χ3v) is 8.38. The summed E-state index contributed by atoms with van der Waals surface area (Å²) in [5.41, 5.74) is 0. The van der Waals surface area contributed by atoms with E-state index in [-0.39, 0.29) is 11.1 Å². The number of aliphatic hydroxyl groups excluding tert-OH is 1. The maximum Gasteiger partial charge on any atom is 0.192 e. The SMILES string of the molecule is C[C@@H](C[C@H](C)O)C[C@@H](C)O[Si](C)(C)C(C)(C)C. The molecule has 0 saturated carbocycles. The average molecular weight is 260 g/mol. The van der Waals surface area contributed by atoms with E-state index in [1.807, 2.05) is 6.92 Å². The molecule has 0 aromatic rings. The molecule has 104 valence electrons. The van der Waals surface area contributed by atoms with E-state index in [1.54, 1.807) is 0 Å². The molecule has 3 heteroatoms. The van der Waals surface area contributed by atoms with Crippen LogP contribution in [0.25, 0.3) is 0 Å². The summed E-state index contributed by atoms with van der Waals surface area (Å²) >= 11 is 0. The van der Waals surface area contributed by atoms with Crippen molar-refractivity contribution in [3.63, 3.8) is 0 Å². The van der Waals surface area contributed by atoms with Gasteiger partial charge in [0, 0.05) is 6.10 Å². The van der Waals surface area contributed by atoms with Gasteiger partial charge in [0.05, 0.1) is 6.10 Å². The van der Waals surface area contributed by atoms with Gasteiger partial charge < -0.3 is 9.53 Å². The first kappa shape index (κ1) is 17.1. The normalized spacial score (nSPS) is 18.9. The molecule has 0 aliphatic carbocycles. The Hall–Kier alpha value is 0.137. The third-order valence-electron chi connectivity index (χ3n) is 3.78. The van der Waals surface area contributed by atoms with Crippen LogP contribution in [0.3, 0.4) is 0 Å². The van der Waals surface area contributed by atoms with Gasteiger partial charge in [0.2, 0.25) is 0 Å². The van der Waals surface area contributed by atoms with Gasteiger partial charge in [0.1, 0.15) is 0 Å². The van der Waals surface area contributed by atoms with E-state index in [4.69, 9.17) is 4.43 Å². The quantitative estimate of drug-likeness (QED) is 0.726. The highest BCUT2D eigenvalue weighted by Crippen LogP contribution is 2.37. The first-order chi connectivity index (χ1) is 7.45. The lowest BCUT2D eigenvalue weighted by Gasteiger charge is -2.39. The van der Waals surface area contributed by atoms with E-state index in [0.717, 1.165) is 12.8 Å². The van der Waals surface area contributed by atoms with Gasteiger partial charge in [0.25, 0.3) is 0 Å². The molecular formula is C14H32O2Si. The van der Waals surface area contributed by atoms with Crippen molar-refractivity contribution in [3.8, 4) is 0 Å². The Kier molecular flexibility index (Phi) is 6.40. The van der Waals surface area contributed by atoms with Crippen LogP contribution in [0.15, 0.2) is 0 Å². The molecule has 0 fully saturated rings. The first-order valence-electron chi connectivity index (χ1n) is 6.81. The minimum absolute atomic E-state index is 0.204. The molecule has 0 amide bonds. The Morgan fingerprint density at radius 2 is 1.53 bits per heavy atom. The van der Waals surface area contributed by atoms with Crippen LogP contribution in [0.5, 0.6) is 0 Å². The summed E-state index contributed by atoms with van der Waals surface area (Å²) in [6, 6.07) is 0. The Morgan fingerprint density at radius 1 is 1.06 bits per heavy atom. The van der Waals surface area contributed by atoms with Crippen LogP contribution in [0.2, 0.25) is 18.1 Å². The van der Waals surface area contributed by atoms with Crippen molar-refractivity contribution in [2.75, 3.05) is 0 Å². The number of aliphatic hydroxyl groups is 1. The minimum Gasteiger partial charge on any atom is -0.414 e. The minimum atomic E-state index is -1.64. The molecule has 0 aliphatic rings. The van der Waals surface area contributed by atoms with Crippen LogP contribution in [0.1, 0.15) is 54.4 Å². The topological polar surface area (TPSA) is 29.5 Å². The number of hydrogen-bond acceptors (Lipinski definition) is 2. The van der Waals surface area contributed by atoms with Crippen molar-refractivity contribution in [1.29, 1.82) is 0 Å². The largest absolute Gasteiger partial charge is 0.414 e. The van der Waals surface area contributed by atoms with Gasteiger partial charge in [-0.1, -0.05) is 27.7 Å². The summed E-state index contributed by atoms with van der Waals surface area (Å²) in [4.78, 5) is 0. The summed E-state index contributed by atoms with van der Waals surface area (Å²) in [6.45, 7) is 17.6. The van der Waals surface area contributed by atoms with E-state index in [1.165, 1.54) is 0 Å². The molecule has 0 aliphatic heterocycles. The third kappa shape index (κ3) is 6.58. The molecule has 2 nitrogen and oxygen atoms in total. The highest BCUT2D eigenvalue weighted by molar-refractivity contribution is 6.74. The fourth-order valence-corrected chi connectivity index (χ4v) is 3.43. The molecule has 0 bridgehead atoms. The zero-order valence-corrected chi connectivity index (χ0v) is 14.0. The van der Waals surface area contributed by atoms with Crippen molar-refractivity contribution in [1.82, 2.24) is 0 Å². The summed E-state index contributed by atoms with van der Waals surface area (Å²) in [5, 5.41) is 9.64. The van der Waals surface area contributed by atoms with E-state index >= 15 is 0 Å². The predicted molar refractivity (Wildman–Crippen MR) is 77.8 cm³/mol. The summed E-state index contributed by atoms with van der Waals surface area (Å²) in [7, 11) is -1.64. The standard InChI is InChI=1S/C14H32O2Si/c1-11(9-12(2)15)10-13(3)16-17(7,8)14(4,5)6/h11-13,15H,9-10H2,1-8H3/t11-,12-,13+/m0/s1. The highest BCUT2D eigenvalue weighted by atomic mass is 28.4. The van der Waals surface area contributed by atoms with Crippen LogP contribution >= 0.6 is 0 Å². The van der Waals surface area contributed by atoms with E-state index < -0.39 is 8.32 Å². The molecule has 0 heterocycles. The van der Waals surface area contributed by atoms with Crippen molar-refractivity contribution in [3.05, 3.63) is 0 Å². The summed E-state index contributed by atoms with van der Waals surface area (Å²) in [6.07, 6.45) is 2.00. The van der Waals surface area contributed by atoms with Gasteiger partial charge in [-0.05, 0) is 50.7 Å². The van der Waals surface area contributed by atoms with Crippen molar-refractivity contribution >= 4 is 8.32 Å². The first-order valence-corrected chi connectivity index (χ1v) is 9.72. The zero-order chi connectivity index (χ0) is 13.9. The zero-order valence-electron chi connectivity index (χ0n) is 13.0. The maximum absolute atomic E-state index is 9.37. The van der Waals surface area contributed by atoms with E-state index in [9.17, 15) is 5.11 Å². The molecule has 0 radical (unpaired) electrons. The van der Waals surface area contributed by atoms with Crippen LogP contribution < -0.4 is 0 Å². The Morgan fingerprint density at radius 3 is 1.88 bits per heavy atom. The van der Waals surface area contributed by atoms with Crippen molar-refractivity contribution in [2.24, 2.45) is 5.92 Å². The van der Waals surface area contributed by atoms with Gasteiger partial charge in [-0.25, -0.2) is 0 Å². The molecule has 0 aromatic carbocycles. The monoisotopic (exact) mass is 260 g/mol. The van der Waals surface area contributed by atoms with Crippen LogP contribution in [0, 0.1) is 5.92 Å². The summed E-state index contributed by atoms with van der Waals surface area (Å²) in [5.74, 6) is 0.523. The summed E-state index contributed by atoms with van der Waals surface area (Å²) < 4.78 is 6.31. The van der Waals surface area contributed by atoms with E-state index in [0.29, 0.717) is 12.0 Å². The van der Waals surface area contributed by atoms with Crippen molar-refractivity contribution < 1.29 is 9.53 Å². The van der Waals surface area contributed by atoms with Gasteiger partial charge >= 0.3 is 0 Å². The predicted octanol–water partition coefficient (Wildman–Crippen LogP) is 4.19. The Labute approximate surface area is 109 Å². The number of hydrogen-bond donors (Lipinski definition) is 1. The Bertz CT molecular complexity index is 219. The second-order valence-corrected chi connectivity index (χ2v) is 11.9. The van der Waals surface area contributed by atoms with Gasteiger partial charge in [-0.15, -0.1) is 0 Å². The van der Waals surface area contributed by atoms with E-state index in [2.05, 4.69) is 47.7 Å². The van der Waals surface area contributed by atoms with Gasteiger partial charge in [-0.3, -0.25) is 0 Å². The lowest BCUT2D eigenvalue weighted by atomic mass is 9.98. The fourth-order valence-electron chi connectivity index (χ4n) is 1.97. The lowest BCUT2D eigenvalue weighted by Crippen LogP contribution is -2.43. The van der Waals surface area contributed by atoms with Crippen LogP contribution in [0.4, 0.5) is 0 Å². The second-order valence-electron chi connectivity index (χ2n) is 7.11. The average Bonchev–Trinajstić information content (AvgIpc) is 1.96. The lowest BCUT2D eigenvalue weighted by molar-refractivity contribution is 0.129. The molecule has 0 rings (SSSR count). The Balaban J connectivity index is 4.22. The smallest absolute Gasteiger partial charge is 0.192 e. The van der Waals surface area contributed by atoms with Gasteiger partial charge in [0.15, 0.2) is 8.32 Å². The maximum atomic E-state index is 9.37.